The van der Waals surface area contributed by atoms with Crippen molar-refractivity contribution in [3.05, 3.63) is 39.4 Å². The second-order valence-corrected chi connectivity index (χ2v) is 3.70. The second-order valence-electron chi connectivity index (χ2n) is 3.70. The normalized spacial score (nSPS) is 17.5. The van der Waals surface area contributed by atoms with Gasteiger partial charge in [0.25, 0.3) is 0 Å². The average molecular weight is 214 g/mol. The Bertz CT molecular complexity index is 444. The van der Waals surface area contributed by atoms with Crippen LogP contribution in [0.1, 0.15) is 18.4 Å². The molecule has 1 saturated carbocycles. The monoisotopic (exact) mass is 214 g/mol. The average Bonchev–Trinajstić information content (AvgIpc) is 2.88. The standard InChI is InChI=1S/C9H8F2N2O2/c10-6-4-8(13(14)15)7(11)3-5(6)9(12)1-2-9/h3-4H,1-2,12H2. The smallest absolute Gasteiger partial charge is 0.307 e. The van der Waals surface area contributed by atoms with E-state index in [1.54, 1.807) is 0 Å². The van der Waals surface area contributed by atoms with Gasteiger partial charge in [-0.3, -0.25) is 10.1 Å². The van der Waals surface area contributed by atoms with Crippen LogP contribution in [0.4, 0.5) is 14.5 Å². The van der Waals surface area contributed by atoms with E-state index >= 15 is 0 Å². The molecule has 0 aromatic heterocycles. The van der Waals surface area contributed by atoms with Gasteiger partial charge in [-0.15, -0.1) is 0 Å². The summed E-state index contributed by atoms with van der Waals surface area (Å²) >= 11 is 0. The van der Waals surface area contributed by atoms with Crippen molar-refractivity contribution in [3.63, 3.8) is 0 Å². The molecular formula is C9H8F2N2O2. The van der Waals surface area contributed by atoms with Crippen molar-refractivity contribution in [1.82, 2.24) is 0 Å². The Labute approximate surface area is 83.8 Å². The SMILES string of the molecule is NC1(c2cc(F)c([N+](=O)[O-])cc2F)CC1. The molecule has 0 aliphatic heterocycles. The summed E-state index contributed by atoms with van der Waals surface area (Å²) in [7, 11) is 0. The highest BCUT2D eigenvalue weighted by Crippen LogP contribution is 2.44. The molecule has 2 rings (SSSR count). The Morgan fingerprint density at radius 3 is 2.40 bits per heavy atom. The summed E-state index contributed by atoms with van der Waals surface area (Å²) < 4.78 is 26.6. The quantitative estimate of drug-likeness (QED) is 0.603. The van der Waals surface area contributed by atoms with E-state index in [1.807, 2.05) is 0 Å². The lowest BCUT2D eigenvalue weighted by Crippen LogP contribution is -2.20. The molecule has 1 aromatic rings. The zero-order valence-corrected chi connectivity index (χ0v) is 7.67. The Kier molecular flexibility index (Phi) is 1.97. The van der Waals surface area contributed by atoms with E-state index in [4.69, 9.17) is 5.73 Å². The van der Waals surface area contributed by atoms with Crippen LogP contribution in [-0.4, -0.2) is 4.92 Å². The summed E-state index contributed by atoms with van der Waals surface area (Å²) in [6.07, 6.45) is 1.14. The molecule has 4 nitrogen and oxygen atoms in total. The fraction of sp³-hybridized carbons (Fsp3) is 0.333. The molecule has 2 N–H and O–H groups in total. The molecule has 0 bridgehead atoms. The van der Waals surface area contributed by atoms with Gasteiger partial charge in [-0.1, -0.05) is 0 Å². The second kappa shape index (κ2) is 2.96. The third kappa shape index (κ3) is 1.56. The zero-order valence-electron chi connectivity index (χ0n) is 7.67. The van der Waals surface area contributed by atoms with E-state index in [0.29, 0.717) is 18.9 Å². The Morgan fingerprint density at radius 1 is 1.33 bits per heavy atom. The lowest BCUT2D eigenvalue weighted by Gasteiger charge is -2.10. The lowest BCUT2D eigenvalue weighted by atomic mass is 10.0. The molecule has 6 heteroatoms. The van der Waals surface area contributed by atoms with Crippen molar-refractivity contribution in [2.24, 2.45) is 5.73 Å². The molecule has 1 aromatic carbocycles. The van der Waals surface area contributed by atoms with Crippen LogP contribution in [0.3, 0.4) is 0 Å². The van der Waals surface area contributed by atoms with Gasteiger partial charge in [-0.25, -0.2) is 4.39 Å². The van der Waals surface area contributed by atoms with Gasteiger partial charge in [-0.05, 0) is 18.9 Å². The first-order chi connectivity index (χ1) is 6.94. The minimum Gasteiger partial charge on any atom is -0.321 e. The van der Waals surface area contributed by atoms with Crippen molar-refractivity contribution < 1.29 is 13.7 Å². The third-order valence-corrected chi connectivity index (χ3v) is 2.56. The zero-order chi connectivity index (χ0) is 11.2. The highest BCUT2D eigenvalue weighted by atomic mass is 19.1. The highest BCUT2D eigenvalue weighted by Gasteiger charge is 2.43. The maximum absolute atomic E-state index is 13.4. The van der Waals surface area contributed by atoms with E-state index in [9.17, 15) is 18.9 Å². The Morgan fingerprint density at radius 2 is 1.93 bits per heavy atom. The van der Waals surface area contributed by atoms with Gasteiger partial charge in [0.05, 0.1) is 11.0 Å². The Balaban J connectivity index is 2.53. The highest BCUT2D eigenvalue weighted by molar-refractivity contribution is 5.41. The number of halogens is 2. The summed E-state index contributed by atoms with van der Waals surface area (Å²) in [4.78, 5) is 9.36. The molecule has 80 valence electrons. The van der Waals surface area contributed by atoms with Gasteiger partial charge < -0.3 is 5.73 Å². The van der Waals surface area contributed by atoms with Crippen LogP contribution >= 0.6 is 0 Å². The Hall–Kier alpha value is -1.56. The lowest BCUT2D eigenvalue weighted by molar-refractivity contribution is -0.387. The van der Waals surface area contributed by atoms with Crippen molar-refractivity contribution >= 4 is 5.69 Å². The van der Waals surface area contributed by atoms with Crippen LogP contribution in [0.2, 0.25) is 0 Å². The van der Waals surface area contributed by atoms with Gasteiger partial charge in [0.2, 0.25) is 5.82 Å². The number of nitrogens with zero attached hydrogens (tertiary/aromatic N) is 1. The largest absolute Gasteiger partial charge is 0.321 e. The fourth-order valence-corrected chi connectivity index (χ4v) is 1.46. The van der Waals surface area contributed by atoms with E-state index in [-0.39, 0.29) is 5.56 Å². The first-order valence-corrected chi connectivity index (χ1v) is 4.37. The molecule has 0 radical (unpaired) electrons. The maximum Gasteiger partial charge on any atom is 0.307 e. The minimum absolute atomic E-state index is 0.0191. The maximum atomic E-state index is 13.4. The number of hydrogen-bond donors (Lipinski definition) is 1. The first kappa shape index (κ1) is 9.97. The number of nitro groups is 1. The molecule has 0 saturated heterocycles. The van der Waals surface area contributed by atoms with Crippen molar-refractivity contribution in [2.45, 2.75) is 18.4 Å². The minimum atomic E-state index is -1.05. The van der Waals surface area contributed by atoms with E-state index < -0.39 is 27.8 Å². The molecule has 0 amide bonds. The molecule has 0 unspecified atom stereocenters. The van der Waals surface area contributed by atoms with E-state index in [0.717, 1.165) is 6.07 Å². The molecule has 0 atom stereocenters. The van der Waals surface area contributed by atoms with Crippen LogP contribution in [0, 0.1) is 21.7 Å². The molecule has 0 heterocycles. The van der Waals surface area contributed by atoms with Gasteiger partial charge >= 0.3 is 5.69 Å². The van der Waals surface area contributed by atoms with Crippen molar-refractivity contribution in [1.29, 1.82) is 0 Å². The summed E-state index contributed by atoms with van der Waals surface area (Å²) in [6, 6.07) is 1.40. The van der Waals surface area contributed by atoms with Crippen LogP contribution in [0.15, 0.2) is 12.1 Å². The molecule has 15 heavy (non-hydrogen) atoms. The molecule has 0 spiro atoms. The first-order valence-electron chi connectivity index (χ1n) is 4.37. The topological polar surface area (TPSA) is 69.2 Å². The number of rotatable bonds is 2. The molecule has 1 aliphatic rings. The number of nitro benzene ring substituents is 1. The summed E-state index contributed by atoms with van der Waals surface area (Å²) in [6.45, 7) is 0. The van der Waals surface area contributed by atoms with Gasteiger partial charge in [-0.2, -0.15) is 4.39 Å². The van der Waals surface area contributed by atoms with Crippen LogP contribution in [0.5, 0.6) is 0 Å². The summed E-state index contributed by atoms with van der Waals surface area (Å²) in [5.41, 5.74) is 4.01. The van der Waals surface area contributed by atoms with Crippen molar-refractivity contribution in [2.75, 3.05) is 0 Å². The van der Waals surface area contributed by atoms with Gasteiger partial charge in [0.15, 0.2) is 0 Å². The van der Waals surface area contributed by atoms with Crippen molar-refractivity contribution in [3.8, 4) is 0 Å². The van der Waals surface area contributed by atoms with Crippen LogP contribution < -0.4 is 5.73 Å². The van der Waals surface area contributed by atoms with E-state index in [1.165, 1.54) is 0 Å². The molecule has 1 aliphatic carbocycles. The summed E-state index contributed by atoms with van der Waals surface area (Å²) in [5, 5.41) is 10.3. The van der Waals surface area contributed by atoms with Gasteiger partial charge in [0.1, 0.15) is 5.82 Å². The van der Waals surface area contributed by atoms with Gasteiger partial charge in [0, 0.05) is 11.1 Å². The predicted octanol–water partition coefficient (Wildman–Crippen LogP) is 1.82. The summed E-state index contributed by atoms with van der Waals surface area (Å²) in [5.74, 6) is -1.86. The number of benzene rings is 1. The van der Waals surface area contributed by atoms with E-state index in [2.05, 4.69) is 0 Å². The number of hydrogen-bond acceptors (Lipinski definition) is 3. The molecular weight excluding hydrogens is 206 g/mol. The third-order valence-electron chi connectivity index (χ3n) is 2.56. The van der Waals surface area contributed by atoms with Crippen LogP contribution in [-0.2, 0) is 5.54 Å². The van der Waals surface area contributed by atoms with Crippen LogP contribution in [0.25, 0.3) is 0 Å². The fourth-order valence-electron chi connectivity index (χ4n) is 1.46. The molecule has 1 fully saturated rings. The predicted molar refractivity (Wildman–Crippen MR) is 48.1 cm³/mol. The number of nitrogens with two attached hydrogens (primary N) is 1.